The predicted octanol–water partition coefficient (Wildman–Crippen LogP) is 3.42. The third-order valence-corrected chi connectivity index (χ3v) is 3.92. The van der Waals surface area contributed by atoms with Gasteiger partial charge >= 0.3 is 0 Å². The Hall–Kier alpha value is -0.120. The van der Waals surface area contributed by atoms with E-state index in [1.165, 1.54) is 4.88 Å². The molecule has 0 bridgehead atoms. The van der Waals surface area contributed by atoms with E-state index in [-0.39, 0.29) is 5.54 Å². The highest BCUT2D eigenvalue weighted by atomic mass is 35.5. The molecule has 0 N–H and O–H groups in total. The zero-order valence-corrected chi connectivity index (χ0v) is 10.7. The van der Waals surface area contributed by atoms with Gasteiger partial charge in [0.25, 0.3) is 0 Å². The van der Waals surface area contributed by atoms with Gasteiger partial charge in [0.15, 0.2) is 4.47 Å². The van der Waals surface area contributed by atoms with Crippen molar-refractivity contribution in [2.45, 2.75) is 39.3 Å². The number of hydrogen-bond donors (Lipinski definition) is 0. The summed E-state index contributed by atoms with van der Waals surface area (Å²) in [5.74, 6) is 0. The van der Waals surface area contributed by atoms with Crippen LogP contribution in [0.5, 0.6) is 0 Å². The number of rotatable bonds is 4. The quantitative estimate of drug-likeness (QED) is 0.791. The van der Waals surface area contributed by atoms with E-state index >= 15 is 0 Å². The Kier molecular flexibility index (Phi) is 3.93. The van der Waals surface area contributed by atoms with Crippen LogP contribution in [0.4, 0.5) is 0 Å². The Labute approximate surface area is 94.9 Å². The second-order valence-corrected chi connectivity index (χ2v) is 5.80. The van der Waals surface area contributed by atoms with Crippen molar-refractivity contribution >= 4 is 22.9 Å². The third kappa shape index (κ3) is 2.94. The van der Waals surface area contributed by atoms with E-state index in [1.54, 1.807) is 11.3 Å². The molecular weight excluding hydrogens is 216 g/mol. The Morgan fingerprint density at radius 1 is 1.57 bits per heavy atom. The predicted molar refractivity (Wildman–Crippen MR) is 63.0 cm³/mol. The first-order valence-electron chi connectivity index (χ1n) is 4.77. The first-order chi connectivity index (χ1) is 6.45. The van der Waals surface area contributed by atoms with Crippen LogP contribution in [-0.2, 0) is 6.54 Å². The van der Waals surface area contributed by atoms with Crippen LogP contribution >= 0.6 is 22.9 Å². The lowest BCUT2D eigenvalue weighted by Gasteiger charge is -2.34. The summed E-state index contributed by atoms with van der Waals surface area (Å²) in [7, 11) is 2.14. The van der Waals surface area contributed by atoms with Gasteiger partial charge in [-0.25, -0.2) is 4.98 Å². The van der Waals surface area contributed by atoms with Crippen LogP contribution in [0.15, 0.2) is 6.20 Å². The van der Waals surface area contributed by atoms with Gasteiger partial charge in [-0.2, -0.15) is 0 Å². The van der Waals surface area contributed by atoms with Crippen LogP contribution in [0, 0.1) is 0 Å². The van der Waals surface area contributed by atoms with Crippen molar-refractivity contribution in [1.29, 1.82) is 0 Å². The first kappa shape index (κ1) is 12.0. The van der Waals surface area contributed by atoms with E-state index in [0.29, 0.717) is 4.47 Å². The van der Waals surface area contributed by atoms with E-state index in [4.69, 9.17) is 11.6 Å². The maximum Gasteiger partial charge on any atom is 0.183 e. The van der Waals surface area contributed by atoms with E-state index in [1.807, 2.05) is 6.20 Å². The zero-order valence-electron chi connectivity index (χ0n) is 9.17. The molecule has 0 aliphatic heterocycles. The minimum atomic E-state index is 0.233. The van der Waals surface area contributed by atoms with Crippen molar-refractivity contribution in [3.63, 3.8) is 0 Å². The Balaban J connectivity index is 2.61. The maximum atomic E-state index is 5.78. The molecule has 0 fully saturated rings. The molecule has 2 nitrogen and oxygen atoms in total. The van der Waals surface area contributed by atoms with Gasteiger partial charge in [-0.15, -0.1) is 11.3 Å². The Morgan fingerprint density at radius 2 is 2.21 bits per heavy atom. The van der Waals surface area contributed by atoms with Crippen molar-refractivity contribution in [3.05, 3.63) is 15.5 Å². The fourth-order valence-electron chi connectivity index (χ4n) is 1.07. The second kappa shape index (κ2) is 4.60. The Morgan fingerprint density at radius 3 is 2.64 bits per heavy atom. The fraction of sp³-hybridized carbons (Fsp3) is 0.700. The summed E-state index contributed by atoms with van der Waals surface area (Å²) in [4.78, 5) is 7.59. The summed E-state index contributed by atoms with van der Waals surface area (Å²) in [6, 6.07) is 0. The van der Waals surface area contributed by atoms with Gasteiger partial charge in [0.2, 0.25) is 0 Å². The summed E-state index contributed by atoms with van der Waals surface area (Å²) < 4.78 is 0.628. The molecule has 1 aromatic heterocycles. The number of halogens is 1. The summed E-state index contributed by atoms with van der Waals surface area (Å²) in [6.45, 7) is 7.62. The molecule has 4 heteroatoms. The minimum Gasteiger partial charge on any atom is -0.296 e. The van der Waals surface area contributed by atoms with Gasteiger partial charge in [-0.3, -0.25) is 4.90 Å². The third-order valence-electron chi connectivity index (χ3n) is 2.82. The zero-order chi connectivity index (χ0) is 10.8. The molecule has 1 aromatic rings. The molecule has 0 atom stereocenters. The van der Waals surface area contributed by atoms with Crippen LogP contribution in [-0.4, -0.2) is 22.5 Å². The lowest BCUT2D eigenvalue weighted by atomic mass is 10.0. The standard InChI is InChI=1S/C10H17ClN2S/c1-5-10(2,3)13(4)7-8-6-12-9(11)14-8/h6H,5,7H2,1-4H3. The number of thiazole rings is 1. The van der Waals surface area contributed by atoms with Crippen molar-refractivity contribution < 1.29 is 0 Å². The average molecular weight is 233 g/mol. The van der Waals surface area contributed by atoms with E-state index in [0.717, 1.165) is 13.0 Å². The van der Waals surface area contributed by atoms with Crippen molar-refractivity contribution in [1.82, 2.24) is 9.88 Å². The van der Waals surface area contributed by atoms with E-state index in [2.05, 4.69) is 37.7 Å². The van der Waals surface area contributed by atoms with Crippen LogP contribution in [0.25, 0.3) is 0 Å². The van der Waals surface area contributed by atoms with Gasteiger partial charge in [0.05, 0.1) is 0 Å². The molecule has 0 aromatic carbocycles. The molecule has 80 valence electrons. The average Bonchev–Trinajstić information content (AvgIpc) is 2.51. The Bertz CT molecular complexity index is 296. The number of aromatic nitrogens is 1. The number of nitrogens with zero attached hydrogens (tertiary/aromatic N) is 2. The molecule has 0 saturated heterocycles. The highest BCUT2D eigenvalue weighted by Gasteiger charge is 2.21. The van der Waals surface area contributed by atoms with Gasteiger partial charge in [-0.05, 0) is 27.3 Å². The summed E-state index contributed by atoms with van der Waals surface area (Å²) in [5, 5.41) is 0. The molecular formula is C10H17ClN2S. The largest absolute Gasteiger partial charge is 0.296 e. The lowest BCUT2D eigenvalue weighted by Crippen LogP contribution is -2.39. The fourth-order valence-corrected chi connectivity index (χ4v) is 2.11. The van der Waals surface area contributed by atoms with Crippen LogP contribution < -0.4 is 0 Å². The molecule has 0 aliphatic carbocycles. The second-order valence-electron chi connectivity index (χ2n) is 4.10. The molecule has 1 rings (SSSR count). The lowest BCUT2D eigenvalue weighted by molar-refractivity contribution is 0.144. The SMILES string of the molecule is CCC(C)(C)N(C)Cc1cnc(Cl)s1. The van der Waals surface area contributed by atoms with Gasteiger partial charge in [-0.1, -0.05) is 18.5 Å². The molecule has 0 radical (unpaired) electrons. The summed E-state index contributed by atoms with van der Waals surface area (Å²) in [6.07, 6.45) is 2.99. The molecule has 0 aliphatic rings. The summed E-state index contributed by atoms with van der Waals surface area (Å²) >= 11 is 7.34. The molecule has 0 unspecified atom stereocenters. The number of hydrogen-bond acceptors (Lipinski definition) is 3. The molecule has 0 saturated carbocycles. The topological polar surface area (TPSA) is 16.1 Å². The smallest absolute Gasteiger partial charge is 0.183 e. The molecule has 0 spiro atoms. The monoisotopic (exact) mass is 232 g/mol. The molecule has 1 heterocycles. The normalized spacial score (nSPS) is 12.4. The van der Waals surface area contributed by atoms with Crippen LogP contribution in [0.1, 0.15) is 32.1 Å². The van der Waals surface area contributed by atoms with Gasteiger partial charge < -0.3 is 0 Å². The van der Waals surface area contributed by atoms with E-state index < -0.39 is 0 Å². The highest BCUT2D eigenvalue weighted by Crippen LogP contribution is 2.23. The highest BCUT2D eigenvalue weighted by molar-refractivity contribution is 7.15. The van der Waals surface area contributed by atoms with Crippen LogP contribution in [0.3, 0.4) is 0 Å². The van der Waals surface area contributed by atoms with Gasteiger partial charge in [0, 0.05) is 23.2 Å². The minimum absolute atomic E-state index is 0.233. The first-order valence-corrected chi connectivity index (χ1v) is 5.96. The maximum absolute atomic E-state index is 5.78. The molecule has 14 heavy (non-hydrogen) atoms. The van der Waals surface area contributed by atoms with Crippen LogP contribution in [0.2, 0.25) is 4.47 Å². The van der Waals surface area contributed by atoms with E-state index in [9.17, 15) is 0 Å². The van der Waals surface area contributed by atoms with Crippen molar-refractivity contribution in [2.24, 2.45) is 0 Å². The van der Waals surface area contributed by atoms with Crippen molar-refractivity contribution in [2.75, 3.05) is 7.05 Å². The van der Waals surface area contributed by atoms with Gasteiger partial charge in [0.1, 0.15) is 0 Å². The summed E-state index contributed by atoms with van der Waals surface area (Å²) in [5.41, 5.74) is 0.233. The molecule has 0 amide bonds. The van der Waals surface area contributed by atoms with Crippen molar-refractivity contribution in [3.8, 4) is 0 Å².